The Hall–Kier alpha value is -2.14. The summed E-state index contributed by atoms with van der Waals surface area (Å²) in [6.07, 6.45) is 4.80. The highest BCUT2D eigenvalue weighted by molar-refractivity contribution is 5.84. The molecule has 1 amide bonds. The molecule has 21 heavy (non-hydrogen) atoms. The summed E-state index contributed by atoms with van der Waals surface area (Å²) in [5, 5.41) is 9.09. The molecule has 0 radical (unpaired) electrons. The fourth-order valence-corrected chi connectivity index (χ4v) is 2.24. The van der Waals surface area contributed by atoms with Crippen molar-refractivity contribution >= 4 is 18.0 Å². The highest BCUT2D eigenvalue weighted by Crippen LogP contribution is 2.11. The zero-order valence-electron chi connectivity index (χ0n) is 11.8. The fraction of sp³-hybridized carbons (Fsp3) is 0.375. The van der Waals surface area contributed by atoms with E-state index < -0.39 is 12.0 Å². The van der Waals surface area contributed by atoms with Crippen LogP contribution in [-0.4, -0.2) is 47.7 Å². The quantitative estimate of drug-likeness (QED) is 0.897. The summed E-state index contributed by atoms with van der Waals surface area (Å²) in [6, 6.07) is 8.98. The van der Waals surface area contributed by atoms with Crippen LogP contribution >= 0.6 is 0 Å². The van der Waals surface area contributed by atoms with Crippen LogP contribution in [0.5, 0.6) is 0 Å². The maximum atomic E-state index is 12.1. The maximum absolute atomic E-state index is 12.1. The molecule has 1 N–H and O–H groups in total. The van der Waals surface area contributed by atoms with Crippen LogP contribution in [0.15, 0.2) is 36.4 Å². The van der Waals surface area contributed by atoms with Crippen molar-refractivity contribution < 1.29 is 19.4 Å². The first-order valence-corrected chi connectivity index (χ1v) is 7.00. The highest BCUT2D eigenvalue weighted by atomic mass is 16.5. The Morgan fingerprint density at radius 1 is 1.33 bits per heavy atom. The largest absolute Gasteiger partial charge is 0.480 e. The first-order chi connectivity index (χ1) is 10.2. The van der Waals surface area contributed by atoms with Crippen molar-refractivity contribution in [1.29, 1.82) is 0 Å². The number of carbonyl (C=O) groups excluding carboxylic acids is 1. The monoisotopic (exact) mass is 289 g/mol. The molecule has 5 heteroatoms. The van der Waals surface area contributed by atoms with Crippen LogP contribution in [0.3, 0.4) is 0 Å². The second-order valence-electron chi connectivity index (χ2n) is 4.87. The number of nitrogens with zero attached hydrogens (tertiary/aromatic N) is 1. The van der Waals surface area contributed by atoms with Crippen molar-refractivity contribution in [2.24, 2.45) is 0 Å². The van der Waals surface area contributed by atoms with Gasteiger partial charge in [-0.3, -0.25) is 4.79 Å². The van der Waals surface area contributed by atoms with Crippen LogP contribution in [0.1, 0.15) is 18.4 Å². The summed E-state index contributed by atoms with van der Waals surface area (Å²) >= 11 is 0. The molecule has 0 spiro atoms. The van der Waals surface area contributed by atoms with Gasteiger partial charge in [0.1, 0.15) is 0 Å². The number of allylic oxidation sites excluding steroid dienone is 1. The Morgan fingerprint density at radius 2 is 2.10 bits per heavy atom. The molecule has 112 valence electrons. The predicted octanol–water partition coefficient (Wildman–Crippen LogP) is 1.79. The predicted molar refractivity (Wildman–Crippen MR) is 78.7 cm³/mol. The number of hydrogen-bond donors (Lipinski definition) is 1. The number of morpholine rings is 1. The van der Waals surface area contributed by atoms with E-state index in [0.717, 1.165) is 5.56 Å². The SMILES string of the molecule is O=C(O)C1COCCN1C(=O)CCC=Cc1ccccc1. The van der Waals surface area contributed by atoms with E-state index in [2.05, 4.69) is 0 Å². The van der Waals surface area contributed by atoms with Gasteiger partial charge < -0.3 is 14.7 Å². The minimum Gasteiger partial charge on any atom is -0.480 e. The number of carbonyl (C=O) groups is 2. The van der Waals surface area contributed by atoms with Gasteiger partial charge in [-0.25, -0.2) is 4.79 Å². The average Bonchev–Trinajstić information content (AvgIpc) is 2.52. The molecular weight excluding hydrogens is 270 g/mol. The first-order valence-electron chi connectivity index (χ1n) is 7.00. The third-order valence-electron chi connectivity index (χ3n) is 3.37. The fourth-order valence-electron chi connectivity index (χ4n) is 2.24. The van der Waals surface area contributed by atoms with E-state index in [4.69, 9.17) is 9.84 Å². The number of aliphatic carboxylic acids is 1. The molecule has 0 aromatic heterocycles. The van der Waals surface area contributed by atoms with Gasteiger partial charge in [-0.05, 0) is 12.0 Å². The molecule has 1 atom stereocenters. The van der Waals surface area contributed by atoms with Crippen molar-refractivity contribution in [3.8, 4) is 0 Å². The van der Waals surface area contributed by atoms with Crippen LogP contribution in [0.25, 0.3) is 6.08 Å². The number of carboxylic acid groups (broad SMARTS) is 1. The molecule has 1 saturated heterocycles. The zero-order chi connectivity index (χ0) is 15.1. The van der Waals surface area contributed by atoms with Crippen LogP contribution in [0.4, 0.5) is 0 Å². The van der Waals surface area contributed by atoms with Crippen molar-refractivity contribution in [2.45, 2.75) is 18.9 Å². The van der Waals surface area contributed by atoms with Crippen molar-refractivity contribution in [3.63, 3.8) is 0 Å². The molecule has 0 saturated carbocycles. The summed E-state index contributed by atoms with van der Waals surface area (Å²) in [6.45, 7) is 0.814. The van der Waals surface area contributed by atoms with E-state index in [1.807, 2.05) is 42.5 Å². The van der Waals surface area contributed by atoms with E-state index in [1.54, 1.807) is 0 Å². The van der Waals surface area contributed by atoms with Crippen LogP contribution in [-0.2, 0) is 14.3 Å². The molecule has 2 rings (SSSR count). The van der Waals surface area contributed by atoms with Gasteiger partial charge in [-0.2, -0.15) is 0 Å². The summed E-state index contributed by atoms with van der Waals surface area (Å²) in [7, 11) is 0. The molecule has 1 heterocycles. The molecule has 1 fully saturated rings. The number of carboxylic acids is 1. The maximum Gasteiger partial charge on any atom is 0.328 e. The van der Waals surface area contributed by atoms with Gasteiger partial charge in [-0.1, -0.05) is 42.5 Å². The minimum absolute atomic E-state index is 0.0704. The molecule has 5 nitrogen and oxygen atoms in total. The smallest absolute Gasteiger partial charge is 0.328 e. The van der Waals surface area contributed by atoms with Crippen LogP contribution < -0.4 is 0 Å². The standard InChI is InChI=1S/C16H19NO4/c18-15(17-10-11-21-12-14(17)16(19)20)9-5-4-8-13-6-2-1-3-7-13/h1-4,6-8,14H,5,9-12H2,(H,19,20). The van der Waals surface area contributed by atoms with Gasteiger partial charge in [-0.15, -0.1) is 0 Å². The lowest BCUT2D eigenvalue weighted by molar-refractivity contribution is -0.158. The van der Waals surface area contributed by atoms with E-state index in [-0.39, 0.29) is 12.5 Å². The Bertz CT molecular complexity index is 512. The number of benzene rings is 1. The topological polar surface area (TPSA) is 66.8 Å². The summed E-state index contributed by atoms with van der Waals surface area (Å²) in [5.41, 5.74) is 1.08. The van der Waals surface area contributed by atoms with Crippen LogP contribution in [0, 0.1) is 0 Å². The van der Waals surface area contributed by atoms with Crippen molar-refractivity contribution in [1.82, 2.24) is 4.90 Å². The Kier molecular flexibility index (Phi) is 5.51. The second kappa shape index (κ2) is 7.59. The average molecular weight is 289 g/mol. The summed E-state index contributed by atoms with van der Waals surface area (Å²) in [5.74, 6) is -1.15. The van der Waals surface area contributed by atoms with E-state index in [1.165, 1.54) is 4.90 Å². The number of hydrogen-bond acceptors (Lipinski definition) is 3. The normalized spacial score (nSPS) is 18.9. The Labute approximate surface area is 123 Å². The zero-order valence-corrected chi connectivity index (χ0v) is 11.8. The molecule has 0 bridgehead atoms. The first kappa shape index (κ1) is 15.3. The number of ether oxygens (including phenoxy) is 1. The van der Waals surface area contributed by atoms with Gasteiger partial charge in [0.25, 0.3) is 0 Å². The molecule has 1 aliphatic rings. The van der Waals surface area contributed by atoms with E-state index in [9.17, 15) is 9.59 Å². The third kappa shape index (κ3) is 4.43. The van der Waals surface area contributed by atoms with Gasteiger partial charge in [0.2, 0.25) is 5.91 Å². The van der Waals surface area contributed by atoms with Gasteiger partial charge in [0.15, 0.2) is 6.04 Å². The van der Waals surface area contributed by atoms with Gasteiger partial charge in [0.05, 0.1) is 13.2 Å². The molecule has 1 aromatic rings. The molecule has 0 aliphatic carbocycles. The molecule has 1 aliphatic heterocycles. The summed E-state index contributed by atoms with van der Waals surface area (Å²) < 4.78 is 5.12. The summed E-state index contributed by atoms with van der Waals surface area (Å²) in [4.78, 5) is 24.6. The highest BCUT2D eigenvalue weighted by Gasteiger charge is 2.31. The third-order valence-corrected chi connectivity index (χ3v) is 3.37. The van der Waals surface area contributed by atoms with Gasteiger partial charge >= 0.3 is 5.97 Å². The number of amides is 1. The van der Waals surface area contributed by atoms with E-state index >= 15 is 0 Å². The van der Waals surface area contributed by atoms with E-state index in [0.29, 0.717) is 26.0 Å². The lowest BCUT2D eigenvalue weighted by Gasteiger charge is -2.32. The lowest BCUT2D eigenvalue weighted by atomic mass is 10.1. The Balaban J connectivity index is 1.83. The van der Waals surface area contributed by atoms with Crippen molar-refractivity contribution in [3.05, 3.63) is 42.0 Å². The van der Waals surface area contributed by atoms with Gasteiger partial charge in [0, 0.05) is 13.0 Å². The number of rotatable bonds is 5. The molecular formula is C16H19NO4. The lowest BCUT2D eigenvalue weighted by Crippen LogP contribution is -2.52. The Morgan fingerprint density at radius 3 is 2.81 bits per heavy atom. The minimum atomic E-state index is -1.01. The molecule has 1 aromatic carbocycles. The van der Waals surface area contributed by atoms with Crippen LogP contribution in [0.2, 0.25) is 0 Å². The second-order valence-corrected chi connectivity index (χ2v) is 4.87. The molecule has 1 unspecified atom stereocenters. The van der Waals surface area contributed by atoms with Crippen molar-refractivity contribution in [2.75, 3.05) is 19.8 Å².